The van der Waals surface area contributed by atoms with E-state index < -0.39 is 5.92 Å². The molecule has 3 nitrogen and oxygen atoms in total. The highest BCUT2D eigenvalue weighted by molar-refractivity contribution is 7.99. The van der Waals surface area contributed by atoms with Gasteiger partial charge in [-0.2, -0.15) is 5.26 Å². The summed E-state index contributed by atoms with van der Waals surface area (Å²) in [6.07, 6.45) is 1.61. The number of aromatic nitrogens is 1. The lowest BCUT2D eigenvalue weighted by atomic mass is 9.99. The van der Waals surface area contributed by atoms with Crippen LogP contribution in [-0.4, -0.2) is 16.0 Å². The quantitative estimate of drug-likeness (QED) is 0.817. The number of benzene rings is 1. The van der Waals surface area contributed by atoms with Crippen molar-refractivity contribution in [2.45, 2.75) is 23.8 Å². The number of carbonyl (C=O) groups excluding carboxylic acids is 1. The fraction of sp³-hybridized carbons (Fsp3) is 0.235. The summed E-state index contributed by atoms with van der Waals surface area (Å²) in [5.74, 6) is -0.115. The Morgan fingerprint density at radius 1 is 1.24 bits per heavy atom. The molecule has 106 valence electrons. The van der Waals surface area contributed by atoms with Crippen LogP contribution in [0.25, 0.3) is 0 Å². The van der Waals surface area contributed by atoms with Gasteiger partial charge in [0.1, 0.15) is 5.92 Å². The second-order valence-corrected chi connectivity index (χ2v) is 5.99. The maximum atomic E-state index is 12.4. The minimum atomic E-state index is -0.788. The fourth-order valence-electron chi connectivity index (χ4n) is 1.93. The zero-order valence-corrected chi connectivity index (χ0v) is 12.6. The van der Waals surface area contributed by atoms with E-state index >= 15 is 0 Å². The Bertz CT molecular complexity index is 622. The predicted octanol–water partition coefficient (Wildman–Crippen LogP) is 3.58. The Kier molecular flexibility index (Phi) is 5.53. The first-order chi connectivity index (χ1) is 10.2. The van der Waals surface area contributed by atoms with Gasteiger partial charge >= 0.3 is 0 Å². The molecule has 2 aromatic rings. The molecule has 1 heterocycles. The van der Waals surface area contributed by atoms with Crippen LogP contribution >= 0.6 is 11.8 Å². The summed E-state index contributed by atoms with van der Waals surface area (Å²) >= 11 is 1.55. The summed E-state index contributed by atoms with van der Waals surface area (Å²) < 4.78 is 0. The van der Waals surface area contributed by atoms with E-state index in [1.54, 1.807) is 36.2 Å². The predicted molar refractivity (Wildman–Crippen MR) is 84.8 cm³/mol. The zero-order valence-electron chi connectivity index (χ0n) is 11.8. The number of pyridine rings is 1. The highest BCUT2D eigenvalue weighted by Gasteiger charge is 2.26. The van der Waals surface area contributed by atoms with Crippen molar-refractivity contribution < 1.29 is 4.79 Å². The van der Waals surface area contributed by atoms with Gasteiger partial charge in [-0.3, -0.25) is 9.78 Å². The molecule has 0 aliphatic carbocycles. The largest absolute Gasteiger partial charge is 0.297 e. The smallest absolute Gasteiger partial charge is 0.168 e. The molecule has 4 heteroatoms. The monoisotopic (exact) mass is 296 g/mol. The summed E-state index contributed by atoms with van der Waals surface area (Å²) in [7, 11) is 0. The van der Waals surface area contributed by atoms with Gasteiger partial charge in [0, 0.05) is 11.9 Å². The first kappa shape index (κ1) is 15.3. The van der Waals surface area contributed by atoms with E-state index in [0.29, 0.717) is 5.69 Å². The van der Waals surface area contributed by atoms with Crippen LogP contribution in [0.15, 0.2) is 54.7 Å². The number of hydrogen-bond acceptors (Lipinski definition) is 4. The second kappa shape index (κ2) is 7.61. The molecular weight excluding hydrogens is 280 g/mol. The summed E-state index contributed by atoms with van der Waals surface area (Å²) in [6.45, 7) is 1.85. The number of nitriles is 1. The third kappa shape index (κ3) is 4.17. The van der Waals surface area contributed by atoms with Crippen molar-refractivity contribution in [1.82, 2.24) is 4.98 Å². The number of carbonyl (C=O) groups is 1. The van der Waals surface area contributed by atoms with E-state index in [4.69, 9.17) is 0 Å². The number of nitrogens with zero attached hydrogens (tertiary/aromatic N) is 2. The number of Topliss-reactive ketones (excluding diaryl/α,β-unsaturated/α-hetero) is 1. The normalized spacial score (nSPS) is 13.1. The Morgan fingerprint density at radius 2 is 1.95 bits per heavy atom. The average Bonchev–Trinajstić information content (AvgIpc) is 2.55. The molecule has 0 saturated carbocycles. The van der Waals surface area contributed by atoms with Crippen molar-refractivity contribution >= 4 is 17.5 Å². The first-order valence-electron chi connectivity index (χ1n) is 6.72. The summed E-state index contributed by atoms with van der Waals surface area (Å²) in [4.78, 5) is 16.5. The molecule has 2 atom stereocenters. The zero-order chi connectivity index (χ0) is 15.1. The molecule has 0 radical (unpaired) electrons. The van der Waals surface area contributed by atoms with Gasteiger partial charge in [-0.05, 0) is 24.6 Å². The standard InChI is InChI=1S/C17H16N2OS/c1-13(21-12-14-7-3-2-4-8-14)17(20)15(11-18)16-9-5-6-10-19-16/h2-10,13,15H,12H2,1H3/t13-,15-/m1/s1. The minimum Gasteiger partial charge on any atom is -0.297 e. The van der Waals surface area contributed by atoms with Crippen molar-refractivity contribution in [3.05, 3.63) is 66.0 Å². The van der Waals surface area contributed by atoms with Crippen LogP contribution < -0.4 is 0 Å². The van der Waals surface area contributed by atoms with Gasteiger partial charge in [-0.25, -0.2) is 0 Å². The van der Waals surface area contributed by atoms with Gasteiger partial charge < -0.3 is 0 Å². The lowest BCUT2D eigenvalue weighted by Gasteiger charge is -2.14. The van der Waals surface area contributed by atoms with Gasteiger partial charge in [-0.15, -0.1) is 11.8 Å². The van der Waals surface area contributed by atoms with E-state index in [0.717, 1.165) is 5.75 Å². The van der Waals surface area contributed by atoms with Gasteiger partial charge in [0.05, 0.1) is 17.0 Å². The van der Waals surface area contributed by atoms with E-state index in [1.807, 2.05) is 37.3 Å². The van der Waals surface area contributed by atoms with Crippen LogP contribution in [0.4, 0.5) is 0 Å². The molecule has 0 saturated heterocycles. The SMILES string of the molecule is C[C@@H](SCc1ccccc1)C(=O)[C@H](C#N)c1ccccn1. The van der Waals surface area contributed by atoms with Crippen LogP contribution in [0.3, 0.4) is 0 Å². The Balaban J connectivity index is 2.00. The topological polar surface area (TPSA) is 53.8 Å². The Hall–Kier alpha value is -2.12. The van der Waals surface area contributed by atoms with Crippen LogP contribution in [0.1, 0.15) is 24.1 Å². The van der Waals surface area contributed by atoms with Crippen LogP contribution in [0.5, 0.6) is 0 Å². The van der Waals surface area contributed by atoms with Crippen molar-refractivity contribution in [3.8, 4) is 6.07 Å². The summed E-state index contributed by atoms with van der Waals surface area (Å²) in [5, 5.41) is 9.02. The number of rotatable bonds is 6. The Labute approximate surface area is 129 Å². The third-order valence-corrected chi connectivity index (χ3v) is 4.37. The number of hydrogen-bond donors (Lipinski definition) is 0. The van der Waals surface area contributed by atoms with E-state index in [1.165, 1.54) is 5.56 Å². The average molecular weight is 296 g/mol. The van der Waals surface area contributed by atoms with Crippen LogP contribution in [-0.2, 0) is 10.5 Å². The molecule has 0 bridgehead atoms. The van der Waals surface area contributed by atoms with E-state index in [-0.39, 0.29) is 11.0 Å². The third-order valence-electron chi connectivity index (χ3n) is 3.14. The summed E-state index contributed by atoms with van der Waals surface area (Å²) in [5.41, 5.74) is 1.70. The molecule has 0 fully saturated rings. The minimum absolute atomic E-state index is 0.0860. The van der Waals surface area contributed by atoms with Gasteiger partial charge in [-0.1, -0.05) is 36.4 Å². The van der Waals surface area contributed by atoms with Crippen molar-refractivity contribution in [2.24, 2.45) is 0 Å². The van der Waals surface area contributed by atoms with Gasteiger partial charge in [0.15, 0.2) is 5.78 Å². The van der Waals surface area contributed by atoms with Crippen LogP contribution in [0.2, 0.25) is 0 Å². The molecule has 0 unspecified atom stereocenters. The molecule has 0 aliphatic rings. The molecule has 21 heavy (non-hydrogen) atoms. The van der Waals surface area contributed by atoms with E-state index in [9.17, 15) is 10.1 Å². The molecule has 0 aliphatic heterocycles. The second-order valence-electron chi connectivity index (χ2n) is 4.66. The van der Waals surface area contributed by atoms with Crippen molar-refractivity contribution in [2.75, 3.05) is 0 Å². The number of thioether (sulfide) groups is 1. The molecule has 0 amide bonds. The highest BCUT2D eigenvalue weighted by atomic mass is 32.2. The maximum Gasteiger partial charge on any atom is 0.168 e. The van der Waals surface area contributed by atoms with Crippen molar-refractivity contribution in [1.29, 1.82) is 5.26 Å². The van der Waals surface area contributed by atoms with Crippen molar-refractivity contribution in [3.63, 3.8) is 0 Å². The Morgan fingerprint density at radius 3 is 2.57 bits per heavy atom. The lowest BCUT2D eigenvalue weighted by molar-refractivity contribution is -0.118. The molecule has 0 N–H and O–H groups in total. The van der Waals surface area contributed by atoms with Gasteiger partial charge in [0.25, 0.3) is 0 Å². The molecular formula is C17H16N2OS. The lowest BCUT2D eigenvalue weighted by Crippen LogP contribution is -2.22. The van der Waals surface area contributed by atoms with E-state index in [2.05, 4.69) is 11.1 Å². The summed E-state index contributed by atoms with van der Waals surface area (Å²) in [6, 6.07) is 17.4. The van der Waals surface area contributed by atoms with Crippen LogP contribution in [0, 0.1) is 11.3 Å². The van der Waals surface area contributed by atoms with Gasteiger partial charge in [0.2, 0.25) is 0 Å². The molecule has 0 spiro atoms. The number of ketones is 1. The molecule has 2 rings (SSSR count). The molecule has 1 aromatic heterocycles. The molecule has 1 aromatic carbocycles. The maximum absolute atomic E-state index is 12.4. The fourth-order valence-corrected chi connectivity index (χ4v) is 2.87. The highest BCUT2D eigenvalue weighted by Crippen LogP contribution is 2.24. The first-order valence-corrected chi connectivity index (χ1v) is 7.77.